The molecule has 0 aromatic heterocycles. The maximum absolute atomic E-state index is 12.7. The summed E-state index contributed by atoms with van der Waals surface area (Å²) in [5.41, 5.74) is 0.888. The SMILES string of the molecule is CC(=O)C1(c2ccccc2)CCN(C(=O)[C@H](O)[C@@H](O)C(=O)NCc2ccc(O)cc2)CC1. The first-order valence-corrected chi connectivity index (χ1v) is 10.5. The fourth-order valence-corrected chi connectivity index (χ4v) is 4.08. The van der Waals surface area contributed by atoms with E-state index in [9.17, 15) is 29.7 Å². The maximum Gasteiger partial charge on any atom is 0.254 e. The molecule has 0 radical (unpaired) electrons. The lowest BCUT2D eigenvalue weighted by molar-refractivity contribution is -0.154. The third-order valence-electron chi connectivity index (χ3n) is 6.15. The molecule has 0 aliphatic carbocycles. The molecular weight excluding hydrogens is 412 g/mol. The molecule has 1 saturated heterocycles. The summed E-state index contributed by atoms with van der Waals surface area (Å²) >= 11 is 0. The standard InChI is InChI=1S/C24H28N2O6/c1-16(27)24(18-5-3-2-4-6-18)11-13-26(14-12-24)23(32)21(30)20(29)22(31)25-15-17-7-9-19(28)10-8-17/h2-10,20-21,28-30H,11-15H2,1H3,(H,25,31)/t20-,21-/m1/s1. The average molecular weight is 440 g/mol. The van der Waals surface area contributed by atoms with Crippen molar-refractivity contribution in [3.8, 4) is 5.75 Å². The number of Topliss-reactive ketones (excluding diaryl/α,β-unsaturated/α-hetero) is 1. The molecule has 1 aliphatic heterocycles. The zero-order valence-electron chi connectivity index (χ0n) is 17.9. The van der Waals surface area contributed by atoms with E-state index in [0.717, 1.165) is 5.56 Å². The Hall–Kier alpha value is -3.23. The van der Waals surface area contributed by atoms with E-state index in [4.69, 9.17) is 0 Å². The summed E-state index contributed by atoms with van der Waals surface area (Å²) in [5, 5.41) is 32.2. The number of phenolic OH excluding ortho intramolecular Hbond substituents is 1. The molecule has 0 unspecified atom stereocenters. The molecule has 170 valence electrons. The van der Waals surface area contributed by atoms with Crippen LogP contribution in [0.1, 0.15) is 30.9 Å². The summed E-state index contributed by atoms with van der Waals surface area (Å²) in [6.45, 7) is 2.07. The summed E-state index contributed by atoms with van der Waals surface area (Å²) in [7, 11) is 0. The monoisotopic (exact) mass is 440 g/mol. The lowest BCUT2D eigenvalue weighted by Crippen LogP contribution is -2.54. The molecule has 2 amide bonds. The highest BCUT2D eigenvalue weighted by molar-refractivity contribution is 5.91. The predicted molar refractivity (Wildman–Crippen MR) is 117 cm³/mol. The van der Waals surface area contributed by atoms with Crippen LogP contribution in [-0.4, -0.2) is 63.1 Å². The minimum atomic E-state index is -1.92. The van der Waals surface area contributed by atoms with Crippen LogP contribution in [0.25, 0.3) is 0 Å². The number of likely N-dealkylation sites (tertiary alicyclic amines) is 1. The lowest BCUT2D eigenvalue weighted by Gasteiger charge is -2.41. The molecule has 1 fully saturated rings. The van der Waals surface area contributed by atoms with E-state index in [-0.39, 0.29) is 31.2 Å². The number of nitrogens with one attached hydrogen (secondary N) is 1. The second kappa shape index (κ2) is 9.93. The van der Waals surface area contributed by atoms with Gasteiger partial charge in [-0.25, -0.2) is 0 Å². The largest absolute Gasteiger partial charge is 0.508 e. The molecule has 8 heteroatoms. The van der Waals surface area contributed by atoms with E-state index < -0.39 is 29.4 Å². The van der Waals surface area contributed by atoms with Crippen LogP contribution in [-0.2, 0) is 26.3 Å². The Balaban J connectivity index is 1.58. The van der Waals surface area contributed by atoms with Crippen LogP contribution in [0, 0.1) is 0 Å². The topological polar surface area (TPSA) is 127 Å². The Morgan fingerprint density at radius 2 is 1.56 bits per heavy atom. The van der Waals surface area contributed by atoms with Crippen molar-refractivity contribution in [1.29, 1.82) is 0 Å². The number of amides is 2. The Morgan fingerprint density at radius 3 is 2.12 bits per heavy atom. The first-order valence-electron chi connectivity index (χ1n) is 10.5. The number of ketones is 1. The number of carbonyl (C=O) groups is 3. The van der Waals surface area contributed by atoms with Crippen LogP contribution >= 0.6 is 0 Å². The van der Waals surface area contributed by atoms with Crippen LogP contribution in [0.4, 0.5) is 0 Å². The van der Waals surface area contributed by atoms with E-state index in [0.29, 0.717) is 18.4 Å². The van der Waals surface area contributed by atoms with E-state index in [1.54, 1.807) is 19.1 Å². The number of aromatic hydroxyl groups is 1. The van der Waals surface area contributed by atoms with Gasteiger partial charge in [0.2, 0.25) is 0 Å². The molecule has 8 nitrogen and oxygen atoms in total. The molecule has 0 spiro atoms. The number of benzene rings is 2. The molecule has 32 heavy (non-hydrogen) atoms. The van der Waals surface area contributed by atoms with Crippen molar-refractivity contribution in [1.82, 2.24) is 10.2 Å². The number of hydrogen-bond acceptors (Lipinski definition) is 6. The van der Waals surface area contributed by atoms with Crippen LogP contribution in [0.2, 0.25) is 0 Å². The number of nitrogens with zero attached hydrogens (tertiary/aromatic N) is 1. The molecule has 4 N–H and O–H groups in total. The van der Waals surface area contributed by atoms with Crippen molar-refractivity contribution in [2.24, 2.45) is 0 Å². The van der Waals surface area contributed by atoms with E-state index in [1.807, 2.05) is 30.3 Å². The highest BCUT2D eigenvalue weighted by atomic mass is 16.3. The average Bonchev–Trinajstić information content (AvgIpc) is 2.82. The minimum absolute atomic E-state index is 0.0185. The smallest absolute Gasteiger partial charge is 0.254 e. The molecule has 0 bridgehead atoms. The molecule has 3 rings (SSSR count). The fraction of sp³-hybridized carbons (Fsp3) is 0.375. The fourth-order valence-electron chi connectivity index (χ4n) is 4.08. The van der Waals surface area contributed by atoms with Crippen molar-refractivity contribution >= 4 is 17.6 Å². The predicted octanol–water partition coefficient (Wildman–Crippen LogP) is 0.880. The molecular formula is C24H28N2O6. The quantitative estimate of drug-likeness (QED) is 0.506. The van der Waals surface area contributed by atoms with Crippen LogP contribution in [0.5, 0.6) is 5.75 Å². The van der Waals surface area contributed by atoms with Crippen LogP contribution < -0.4 is 5.32 Å². The van der Waals surface area contributed by atoms with Gasteiger partial charge in [-0.3, -0.25) is 14.4 Å². The Kier molecular flexibility index (Phi) is 7.27. The van der Waals surface area contributed by atoms with Crippen LogP contribution in [0.15, 0.2) is 54.6 Å². The number of rotatable bonds is 7. The number of carbonyl (C=O) groups excluding carboxylic acids is 3. The summed E-state index contributed by atoms with van der Waals surface area (Å²) < 4.78 is 0. The van der Waals surface area contributed by atoms with E-state index >= 15 is 0 Å². The Labute approximate surface area is 186 Å². The van der Waals surface area contributed by atoms with Gasteiger partial charge in [0, 0.05) is 19.6 Å². The zero-order chi connectivity index (χ0) is 23.3. The van der Waals surface area contributed by atoms with Crippen molar-refractivity contribution in [3.05, 3.63) is 65.7 Å². The van der Waals surface area contributed by atoms with Gasteiger partial charge in [-0.1, -0.05) is 42.5 Å². The highest BCUT2D eigenvalue weighted by Gasteiger charge is 2.43. The van der Waals surface area contributed by atoms with Gasteiger partial charge < -0.3 is 25.5 Å². The van der Waals surface area contributed by atoms with Gasteiger partial charge in [0.25, 0.3) is 11.8 Å². The lowest BCUT2D eigenvalue weighted by atomic mass is 9.70. The highest BCUT2D eigenvalue weighted by Crippen LogP contribution is 2.36. The number of aliphatic hydroxyl groups excluding tert-OH is 2. The van der Waals surface area contributed by atoms with Crippen molar-refractivity contribution in [3.63, 3.8) is 0 Å². The third kappa shape index (κ3) is 4.98. The maximum atomic E-state index is 12.7. The van der Waals surface area contributed by atoms with Crippen molar-refractivity contribution in [2.45, 2.75) is 43.9 Å². The summed E-state index contributed by atoms with van der Waals surface area (Å²) in [6, 6.07) is 15.5. The van der Waals surface area contributed by atoms with E-state index in [1.165, 1.54) is 17.0 Å². The van der Waals surface area contributed by atoms with Crippen LogP contribution in [0.3, 0.4) is 0 Å². The number of hydrogen-bond donors (Lipinski definition) is 4. The Morgan fingerprint density at radius 1 is 0.969 bits per heavy atom. The molecule has 2 atom stereocenters. The Bertz CT molecular complexity index is 952. The number of phenols is 1. The molecule has 2 aromatic rings. The summed E-state index contributed by atoms with van der Waals surface area (Å²) in [4.78, 5) is 38.8. The van der Waals surface area contributed by atoms with Crippen molar-refractivity contribution in [2.75, 3.05) is 13.1 Å². The van der Waals surface area contributed by atoms with Gasteiger partial charge in [0.1, 0.15) is 11.5 Å². The molecule has 2 aromatic carbocycles. The first kappa shape index (κ1) is 23.4. The normalized spacial score (nSPS) is 17.3. The van der Waals surface area contributed by atoms with Gasteiger partial charge in [0.15, 0.2) is 12.2 Å². The van der Waals surface area contributed by atoms with Gasteiger partial charge in [-0.05, 0) is 43.0 Å². The second-order valence-electron chi connectivity index (χ2n) is 8.10. The summed E-state index contributed by atoms with van der Waals surface area (Å²) in [5.74, 6) is -1.52. The third-order valence-corrected chi connectivity index (χ3v) is 6.15. The molecule has 1 heterocycles. The minimum Gasteiger partial charge on any atom is -0.508 e. The van der Waals surface area contributed by atoms with Crippen molar-refractivity contribution < 1.29 is 29.7 Å². The molecule has 1 aliphatic rings. The number of aliphatic hydroxyl groups is 2. The van der Waals surface area contributed by atoms with E-state index in [2.05, 4.69) is 5.32 Å². The summed E-state index contributed by atoms with van der Waals surface area (Å²) in [6.07, 6.45) is -3.04. The van der Waals surface area contributed by atoms with Gasteiger partial charge >= 0.3 is 0 Å². The first-order chi connectivity index (χ1) is 15.2. The number of piperidine rings is 1. The van der Waals surface area contributed by atoms with Gasteiger partial charge in [0.05, 0.1) is 5.41 Å². The zero-order valence-corrected chi connectivity index (χ0v) is 17.9. The van der Waals surface area contributed by atoms with Gasteiger partial charge in [-0.15, -0.1) is 0 Å². The van der Waals surface area contributed by atoms with Gasteiger partial charge in [-0.2, -0.15) is 0 Å². The molecule has 0 saturated carbocycles. The second-order valence-corrected chi connectivity index (χ2v) is 8.10.